The van der Waals surface area contributed by atoms with Crippen molar-refractivity contribution in [3.63, 3.8) is 0 Å². The van der Waals surface area contributed by atoms with Crippen molar-refractivity contribution in [3.05, 3.63) is 41.8 Å². The van der Waals surface area contributed by atoms with Gasteiger partial charge in [0.05, 0.1) is 11.1 Å². The summed E-state index contributed by atoms with van der Waals surface area (Å²) in [7, 11) is 0. The number of nitrogens with one attached hydrogen (secondary N) is 1. The van der Waals surface area contributed by atoms with Crippen molar-refractivity contribution in [1.29, 1.82) is 0 Å². The van der Waals surface area contributed by atoms with E-state index in [0.29, 0.717) is 13.0 Å². The van der Waals surface area contributed by atoms with E-state index in [9.17, 15) is 9.59 Å². The molecule has 0 atom stereocenters. The molecule has 1 aromatic rings. The van der Waals surface area contributed by atoms with Gasteiger partial charge in [-0.2, -0.15) is 0 Å². The third-order valence-electron chi connectivity index (χ3n) is 2.74. The molecule has 1 aliphatic rings. The van der Waals surface area contributed by atoms with Crippen LogP contribution in [0.1, 0.15) is 12.2 Å². The van der Waals surface area contributed by atoms with Gasteiger partial charge in [-0.05, 0) is 0 Å². The van der Waals surface area contributed by atoms with E-state index < -0.39 is 11.9 Å². The normalized spacial score (nSPS) is 14.8. The van der Waals surface area contributed by atoms with E-state index in [-0.39, 0.29) is 17.6 Å². The highest BCUT2D eigenvalue weighted by atomic mass is 16.4. The number of hydrogen-bond acceptors (Lipinski definition) is 4. The molecule has 0 unspecified atom stereocenters. The van der Waals surface area contributed by atoms with Gasteiger partial charge in [-0.1, -0.05) is 0 Å². The van der Waals surface area contributed by atoms with Crippen LogP contribution < -0.4 is 0 Å². The van der Waals surface area contributed by atoms with Crippen molar-refractivity contribution in [3.8, 4) is 0 Å². The number of aliphatic carboxylic acids is 2. The van der Waals surface area contributed by atoms with Crippen molar-refractivity contribution in [1.82, 2.24) is 14.9 Å². The van der Waals surface area contributed by atoms with Crippen LogP contribution >= 0.6 is 0 Å². The average Bonchev–Trinajstić information content (AvgIpc) is 2.89. The Labute approximate surface area is 108 Å². The van der Waals surface area contributed by atoms with Crippen LogP contribution in [0.25, 0.3) is 0 Å². The number of aromatic amines is 1. The number of hydrogen-bond donors (Lipinski definition) is 3. The van der Waals surface area contributed by atoms with Crippen LogP contribution in [-0.2, 0) is 16.0 Å². The molecule has 2 rings (SSSR count). The zero-order valence-electron chi connectivity index (χ0n) is 10.0. The minimum Gasteiger partial charge on any atom is -0.478 e. The SMILES string of the molecule is O=C(O)C1=CN(CCc2ncc[nH]2)C=C(C(=O)O)C1. The lowest BCUT2D eigenvalue weighted by Gasteiger charge is -2.22. The van der Waals surface area contributed by atoms with Crippen LogP contribution in [0.3, 0.4) is 0 Å². The van der Waals surface area contributed by atoms with E-state index in [1.807, 2.05) is 0 Å². The monoisotopic (exact) mass is 263 g/mol. The van der Waals surface area contributed by atoms with Gasteiger partial charge in [0.2, 0.25) is 0 Å². The Hall–Kier alpha value is -2.57. The third kappa shape index (κ3) is 3.21. The number of H-pyrrole nitrogens is 1. The largest absolute Gasteiger partial charge is 0.478 e. The lowest BCUT2D eigenvalue weighted by molar-refractivity contribution is -0.133. The molecule has 100 valence electrons. The van der Waals surface area contributed by atoms with Crippen LogP contribution in [0.15, 0.2) is 35.9 Å². The van der Waals surface area contributed by atoms with Crippen LogP contribution in [0.5, 0.6) is 0 Å². The number of nitrogens with zero attached hydrogens (tertiary/aromatic N) is 2. The first-order chi connectivity index (χ1) is 9.06. The lowest BCUT2D eigenvalue weighted by Crippen LogP contribution is -2.23. The number of carboxylic acid groups (broad SMARTS) is 2. The van der Waals surface area contributed by atoms with Gasteiger partial charge < -0.3 is 20.1 Å². The molecule has 7 heteroatoms. The third-order valence-corrected chi connectivity index (χ3v) is 2.74. The fourth-order valence-corrected chi connectivity index (χ4v) is 1.79. The summed E-state index contributed by atoms with van der Waals surface area (Å²) >= 11 is 0. The topological polar surface area (TPSA) is 107 Å². The second kappa shape index (κ2) is 5.38. The van der Waals surface area contributed by atoms with Crippen molar-refractivity contribution in [2.75, 3.05) is 6.54 Å². The first kappa shape index (κ1) is 12.9. The molecule has 7 nitrogen and oxygen atoms in total. The summed E-state index contributed by atoms with van der Waals surface area (Å²) in [6.07, 6.45) is 6.74. The summed E-state index contributed by atoms with van der Waals surface area (Å²) in [6.45, 7) is 0.459. The van der Waals surface area contributed by atoms with Crippen LogP contribution in [0.2, 0.25) is 0 Å². The Bertz CT molecular complexity index is 515. The summed E-state index contributed by atoms with van der Waals surface area (Å²) in [4.78, 5) is 30.5. The maximum Gasteiger partial charge on any atom is 0.333 e. The van der Waals surface area contributed by atoms with E-state index in [2.05, 4.69) is 9.97 Å². The fraction of sp³-hybridized carbons (Fsp3) is 0.250. The molecule has 0 radical (unpaired) electrons. The maximum absolute atomic E-state index is 11.0. The second-order valence-corrected chi connectivity index (χ2v) is 4.12. The first-order valence-electron chi connectivity index (χ1n) is 5.68. The molecule has 1 aliphatic heterocycles. The van der Waals surface area contributed by atoms with E-state index in [0.717, 1.165) is 5.82 Å². The minimum atomic E-state index is -1.10. The van der Waals surface area contributed by atoms with E-state index >= 15 is 0 Å². The van der Waals surface area contributed by atoms with Gasteiger partial charge in [-0.3, -0.25) is 0 Å². The molecule has 0 aliphatic carbocycles. The van der Waals surface area contributed by atoms with Gasteiger partial charge in [0.15, 0.2) is 0 Å². The van der Waals surface area contributed by atoms with Crippen molar-refractivity contribution >= 4 is 11.9 Å². The quantitative estimate of drug-likeness (QED) is 0.718. The smallest absolute Gasteiger partial charge is 0.333 e. The van der Waals surface area contributed by atoms with E-state index in [1.54, 1.807) is 17.3 Å². The Balaban J connectivity index is 2.09. The molecular formula is C12H13N3O4. The summed E-state index contributed by atoms with van der Waals surface area (Å²) < 4.78 is 0. The molecule has 0 aromatic carbocycles. The number of imidazole rings is 1. The molecule has 2 heterocycles. The molecule has 0 spiro atoms. The maximum atomic E-state index is 11.0. The predicted molar refractivity (Wildman–Crippen MR) is 65.1 cm³/mol. The molecular weight excluding hydrogens is 250 g/mol. The Morgan fingerprint density at radius 3 is 2.37 bits per heavy atom. The number of rotatable bonds is 5. The van der Waals surface area contributed by atoms with Gasteiger partial charge in [-0.25, -0.2) is 14.6 Å². The Kier molecular flexibility index (Phi) is 3.65. The molecule has 0 saturated carbocycles. The zero-order valence-corrected chi connectivity index (χ0v) is 10.0. The summed E-state index contributed by atoms with van der Waals surface area (Å²) in [5.41, 5.74) is 0.138. The summed E-state index contributed by atoms with van der Waals surface area (Å²) in [6, 6.07) is 0. The van der Waals surface area contributed by atoms with E-state index in [4.69, 9.17) is 10.2 Å². The van der Waals surface area contributed by atoms with E-state index in [1.165, 1.54) is 12.4 Å². The summed E-state index contributed by atoms with van der Waals surface area (Å²) in [5, 5.41) is 17.9. The van der Waals surface area contributed by atoms with Crippen LogP contribution in [-0.4, -0.2) is 43.6 Å². The van der Waals surface area contributed by atoms with Gasteiger partial charge >= 0.3 is 11.9 Å². The van der Waals surface area contributed by atoms with Crippen LogP contribution in [0, 0.1) is 0 Å². The van der Waals surface area contributed by atoms with Crippen LogP contribution in [0.4, 0.5) is 0 Å². The molecule has 0 saturated heterocycles. The zero-order chi connectivity index (χ0) is 13.8. The Morgan fingerprint density at radius 2 is 1.89 bits per heavy atom. The first-order valence-corrected chi connectivity index (χ1v) is 5.68. The standard InChI is InChI=1S/C12H13N3O4/c16-11(17)8-5-9(12(18)19)7-15(6-8)4-1-10-13-2-3-14-10/h2-3,6-7H,1,4-5H2,(H,13,14)(H,16,17)(H,18,19). The second-order valence-electron chi connectivity index (χ2n) is 4.12. The highest BCUT2D eigenvalue weighted by Gasteiger charge is 2.21. The van der Waals surface area contributed by atoms with Gasteiger partial charge in [0, 0.05) is 44.2 Å². The summed E-state index contributed by atoms with van der Waals surface area (Å²) in [5.74, 6) is -1.44. The molecule has 0 bridgehead atoms. The highest BCUT2D eigenvalue weighted by molar-refractivity contribution is 5.93. The molecule has 1 aromatic heterocycles. The van der Waals surface area contributed by atoms with Crippen molar-refractivity contribution in [2.45, 2.75) is 12.8 Å². The molecule has 0 fully saturated rings. The lowest BCUT2D eigenvalue weighted by atomic mass is 10.0. The average molecular weight is 263 g/mol. The minimum absolute atomic E-state index is 0.0675. The van der Waals surface area contributed by atoms with Crippen molar-refractivity contribution < 1.29 is 19.8 Å². The fourth-order valence-electron chi connectivity index (χ4n) is 1.79. The van der Waals surface area contributed by atoms with Gasteiger partial charge in [0.1, 0.15) is 5.82 Å². The Morgan fingerprint density at radius 1 is 1.26 bits per heavy atom. The van der Waals surface area contributed by atoms with Crippen molar-refractivity contribution in [2.24, 2.45) is 0 Å². The number of aromatic nitrogens is 2. The predicted octanol–water partition coefficient (Wildman–Crippen LogP) is 0.595. The number of carboxylic acids is 2. The molecule has 3 N–H and O–H groups in total. The van der Waals surface area contributed by atoms with Gasteiger partial charge in [0.25, 0.3) is 0 Å². The highest BCUT2D eigenvalue weighted by Crippen LogP contribution is 2.19. The van der Waals surface area contributed by atoms with Gasteiger partial charge in [-0.15, -0.1) is 0 Å². The molecule has 0 amide bonds. The number of carbonyl (C=O) groups is 2. The molecule has 19 heavy (non-hydrogen) atoms.